The Bertz CT molecular complexity index is 971. The summed E-state index contributed by atoms with van der Waals surface area (Å²) in [6.07, 6.45) is 3.62. The highest BCUT2D eigenvalue weighted by Gasteiger charge is 2.25. The largest absolute Gasteiger partial charge is 0.381 e. The molecule has 0 spiro atoms. The first-order chi connectivity index (χ1) is 13.1. The fraction of sp³-hybridized carbons (Fsp3) is 0.273. The molecule has 138 valence electrons. The zero-order chi connectivity index (χ0) is 18.8. The van der Waals surface area contributed by atoms with Gasteiger partial charge in [0.05, 0.1) is 11.1 Å². The molecular weight excluding hydrogens is 341 g/mol. The topological polar surface area (TPSA) is 45.2 Å². The molecule has 4 rings (SSSR count). The smallest absolute Gasteiger partial charge is 0.254 e. The Balaban J connectivity index is 1.53. The van der Waals surface area contributed by atoms with E-state index in [-0.39, 0.29) is 17.8 Å². The molecule has 1 aliphatic rings. The lowest BCUT2D eigenvalue weighted by molar-refractivity contribution is 0.0717. The van der Waals surface area contributed by atoms with Gasteiger partial charge in [0, 0.05) is 36.4 Å². The third-order valence-corrected chi connectivity index (χ3v) is 5.05. The Hall–Kier alpha value is -2.95. The second kappa shape index (κ2) is 7.35. The van der Waals surface area contributed by atoms with Gasteiger partial charge in [0.25, 0.3) is 5.91 Å². The van der Waals surface area contributed by atoms with Gasteiger partial charge in [-0.3, -0.25) is 9.78 Å². The number of rotatable bonds is 3. The van der Waals surface area contributed by atoms with Gasteiger partial charge in [-0.2, -0.15) is 0 Å². The summed E-state index contributed by atoms with van der Waals surface area (Å²) in [6.45, 7) is 3.39. The number of fused-ring (bicyclic) bond motifs is 1. The van der Waals surface area contributed by atoms with Gasteiger partial charge < -0.3 is 10.2 Å². The van der Waals surface area contributed by atoms with Gasteiger partial charge >= 0.3 is 0 Å². The first-order valence-electron chi connectivity index (χ1n) is 9.27. The Morgan fingerprint density at radius 2 is 2.00 bits per heavy atom. The van der Waals surface area contributed by atoms with Gasteiger partial charge in [0.1, 0.15) is 5.82 Å². The summed E-state index contributed by atoms with van der Waals surface area (Å²) in [7, 11) is 0. The normalized spacial score (nSPS) is 17.1. The molecule has 1 aromatic heterocycles. The number of hydrogen-bond acceptors (Lipinski definition) is 3. The summed E-state index contributed by atoms with van der Waals surface area (Å²) in [5.41, 5.74) is 3.52. The molecule has 0 aliphatic carbocycles. The predicted octanol–water partition coefficient (Wildman–Crippen LogP) is 4.40. The van der Waals surface area contributed by atoms with Gasteiger partial charge in [0.2, 0.25) is 0 Å². The summed E-state index contributed by atoms with van der Waals surface area (Å²) in [4.78, 5) is 19.5. The highest BCUT2D eigenvalue weighted by Crippen LogP contribution is 2.23. The van der Waals surface area contributed by atoms with E-state index in [4.69, 9.17) is 0 Å². The van der Waals surface area contributed by atoms with Crippen molar-refractivity contribution in [3.05, 3.63) is 71.7 Å². The molecule has 1 saturated heterocycles. The monoisotopic (exact) mass is 363 g/mol. The second-order valence-corrected chi connectivity index (χ2v) is 7.12. The predicted molar refractivity (Wildman–Crippen MR) is 105 cm³/mol. The van der Waals surface area contributed by atoms with Crippen LogP contribution >= 0.6 is 0 Å². The second-order valence-electron chi connectivity index (χ2n) is 7.12. The summed E-state index contributed by atoms with van der Waals surface area (Å²) >= 11 is 0. The number of anilines is 1. The quantitative estimate of drug-likeness (QED) is 0.750. The van der Waals surface area contributed by atoms with E-state index in [9.17, 15) is 9.18 Å². The number of aryl methyl sites for hydroxylation is 1. The minimum Gasteiger partial charge on any atom is -0.381 e. The van der Waals surface area contributed by atoms with Crippen molar-refractivity contribution in [1.82, 2.24) is 9.88 Å². The number of likely N-dealkylation sites (tertiary alicyclic amines) is 1. The number of amides is 1. The van der Waals surface area contributed by atoms with Crippen molar-refractivity contribution in [3.63, 3.8) is 0 Å². The van der Waals surface area contributed by atoms with Crippen LogP contribution in [0.4, 0.5) is 10.1 Å². The maximum atomic E-state index is 13.2. The molecule has 1 fully saturated rings. The van der Waals surface area contributed by atoms with Crippen LogP contribution in [0.3, 0.4) is 0 Å². The molecule has 0 unspecified atom stereocenters. The van der Waals surface area contributed by atoms with Crippen LogP contribution in [-0.4, -0.2) is 34.9 Å². The molecule has 3 aromatic rings. The SMILES string of the molecule is Cc1ccc2nccc(C(=O)N3CCC[C@@H](Nc4ccc(F)cc4)C3)c2c1. The number of pyridine rings is 1. The number of aromatic nitrogens is 1. The van der Waals surface area contributed by atoms with Crippen LogP contribution in [-0.2, 0) is 0 Å². The Morgan fingerprint density at radius 3 is 2.81 bits per heavy atom. The van der Waals surface area contributed by atoms with Crippen molar-refractivity contribution in [2.24, 2.45) is 0 Å². The molecule has 0 bridgehead atoms. The molecule has 5 heteroatoms. The fourth-order valence-corrected chi connectivity index (χ4v) is 3.68. The van der Waals surface area contributed by atoms with Crippen LogP contribution in [0.2, 0.25) is 0 Å². The standard InChI is InChI=1S/C22H22FN3O/c1-15-4-9-21-20(13-15)19(10-11-24-21)22(27)26-12-2-3-18(14-26)25-17-7-5-16(23)6-8-17/h4-11,13,18,25H,2-3,12,14H2,1H3/t18-/m1/s1. The van der Waals surface area contributed by atoms with Crippen LogP contribution in [0, 0.1) is 12.7 Å². The van der Waals surface area contributed by atoms with Crippen LogP contribution in [0.15, 0.2) is 54.7 Å². The lowest BCUT2D eigenvalue weighted by atomic mass is 10.0. The minimum absolute atomic E-state index is 0.0404. The first kappa shape index (κ1) is 17.5. The van der Waals surface area contributed by atoms with Crippen molar-refractivity contribution < 1.29 is 9.18 Å². The molecule has 0 saturated carbocycles. The first-order valence-corrected chi connectivity index (χ1v) is 9.27. The van der Waals surface area contributed by atoms with Gasteiger partial charge in [-0.05, 0) is 62.2 Å². The Labute approximate surface area is 158 Å². The summed E-state index contributed by atoms with van der Waals surface area (Å²) < 4.78 is 13.1. The van der Waals surface area contributed by atoms with E-state index in [1.54, 1.807) is 24.4 Å². The number of hydrogen-bond donors (Lipinski definition) is 1. The maximum Gasteiger partial charge on any atom is 0.254 e. The van der Waals surface area contributed by atoms with Crippen molar-refractivity contribution in [2.45, 2.75) is 25.8 Å². The van der Waals surface area contributed by atoms with E-state index < -0.39 is 0 Å². The summed E-state index contributed by atoms with van der Waals surface area (Å²) in [6, 6.07) is 14.3. The van der Waals surface area contributed by atoms with Gasteiger partial charge in [-0.15, -0.1) is 0 Å². The van der Waals surface area contributed by atoms with E-state index in [2.05, 4.69) is 10.3 Å². The molecular formula is C22H22FN3O. The number of carbonyl (C=O) groups excluding carboxylic acids is 1. The Kier molecular flexibility index (Phi) is 4.75. The number of carbonyl (C=O) groups is 1. The van der Waals surface area contributed by atoms with E-state index >= 15 is 0 Å². The van der Waals surface area contributed by atoms with E-state index in [1.807, 2.05) is 30.0 Å². The average Bonchev–Trinajstić information content (AvgIpc) is 2.69. The molecule has 1 atom stereocenters. The lowest BCUT2D eigenvalue weighted by Crippen LogP contribution is -2.45. The van der Waals surface area contributed by atoms with Crippen molar-refractivity contribution in [2.75, 3.05) is 18.4 Å². The van der Waals surface area contributed by atoms with Gasteiger partial charge in [-0.25, -0.2) is 4.39 Å². The Morgan fingerprint density at radius 1 is 1.19 bits per heavy atom. The molecule has 1 amide bonds. The van der Waals surface area contributed by atoms with Crippen LogP contribution in [0.25, 0.3) is 10.9 Å². The van der Waals surface area contributed by atoms with E-state index in [0.717, 1.165) is 41.5 Å². The van der Waals surface area contributed by atoms with Crippen LogP contribution in [0.1, 0.15) is 28.8 Å². The van der Waals surface area contributed by atoms with E-state index in [0.29, 0.717) is 12.1 Å². The van der Waals surface area contributed by atoms with Gasteiger partial charge in [-0.1, -0.05) is 11.6 Å². The summed E-state index contributed by atoms with van der Waals surface area (Å²) in [5, 5.41) is 4.32. The third-order valence-electron chi connectivity index (χ3n) is 5.05. The number of halogens is 1. The number of piperidine rings is 1. The highest BCUT2D eigenvalue weighted by molar-refractivity contribution is 6.06. The number of nitrogens with zero attached hydrogens (tertiary/aromatic N) is 2. The summed E-state index contributed by atoms with van der Waals surface area (Å²) in [5.74, 6) is -0.209. The maximum absolute atomic E-state index is 13.2. The van der Waals surface area contributed by atoms with Crippen molar-refractivity contribution in [1.29, 1.82) is 0 Å². The molecule has 2 heterocycles. The van der Waals surface area contributed by atoms with Crippen molar-refractivity contribution >= 4 is 22.5 Å². The van der Waals surface area contributed by atoms with Crippen LogP contribution in [0.5, 0.6) is 0 Å². The molecule has 1 aliphatic heterocycles. The average molecular weight is 363 g/mol. The molecule has 1 N–H and O–H groups in total. The third kappa shape index (κ3) is 3.77. The van der Waals surface area contributed by atoms with E-state index in [1.165, 1.54) is 12.1 Å². The molecule has 0 radical (unpaired) electrons. The molecule has 27 heavy (non-hydrogen) atoms. The minimum atomic E-state index is -0.249. The number of nitrogens with one attached hydrogen (secondary N) is 1. The molecule has 2 aromatic carbocycles. The number of benzene rings is 2. The molecule has 4 nitrogen and oxygen atoms in total. The van der Waals surface area contributed by atoms with Crippen molar-refractivity contribution in [3.8, 4) is 0 Å². The zero-order valence-electron chi connectivity index (χ0n) is 15.3. The van der Waals surface area contributed by atoms with Gasteiger partial charge in [0.15, 0.2) is 0 Å². The zero-order valence-corrected chi connectivity index (χ0v) is 15.3. The highest BCUT2D eigenvalue weighted by atomic mass is 19.1. The lowest BCUT2D eigenvalue weighted by Gasteiger charge is -2.34. The fourth-order valence-electron chi connectivity index (χ4n) is 3.68. The van der Waals surface area contributed by atoms with Crippen LogP contribution < -0.4 is 5.32 Å².